The molecule has 0 aliphatic carbocycles. The first-order valence-electron chi connectivity index (χ1n) is 10.8. The summed E-state index contributed by atoms with van der Waals surface area (Å²) in [6.07, 6.45) is 1.74. The second-order valence-corrected chi connectivity index (χ2v) is 8.82. The fraction of sp³-hybridized carbons (Fsp3) is 0.609. The molecule has 8 heteroatoms. The molecule has 3 aliphatic rings. The van der Waals surface area contributed by atoms with Gasteiger partial charge < -0.3 is 24.0 Å². The molecule has 2 fully saturated rings. The van der Waals surface area contributed by atoms with Gasteiger partial charge in [0.1, 0.15) is 17.1 Å². The van der Waals surface area contributed by atoms with Crippen LogP contribution in [-0.4, -0.2) is 79.5 Å². The number of nitrogens with zero attached hydrogens (tertiary/aromatic N) is 2. The summed E-state index contributed by atoms with van der Waals surface area (Å²) in [4.78, 5) is 41.7. The van der Waals surface area contributed by atoms with E-state index in [1.807, 2.05) is 11.8 Å². The molecule has 2 saturated heterocycles. The van der Waals surface area contributed by atoms with Gasteiger partial charge in [0.25, 0.3) is 0 Å². The van der Waals surface area contributed by atoms with Crippen molar-refractivity contribution < 1.29 is 28.6 Å². The van der Waals surface area contributed by atoms with E-state index in [4.69, 9.17) is 14.2 Å². The molecule has 31 heavy (non-hydrogen) atoms. The average Bonchev–Trinajstić information content (AvgIpc) is 3.15. The highest BCUT2D eigenvalue weighted by Gasteiger charge is 2.45. The first kappa shape index (κ1) is 21.6. The van der Waals surface area contributed by atoms with Crippen LogP contribution in [0.4, 0.5) is 0 Å². The van der Waals surface area contributed by atoms with Gasteiger partial charge in [-0.3, -0.25) is 14.4 Å². The number of hydrogen-bond donors (Lipinski definition) is 0. The quantitative estimate of drug-likeness (QED) is 0.709. The number of amides is 2. The minimum Gasteiger partial charge on any atom is -0.497 e. The zero-order valence-corrected chi connectivity index (χ0v) is 18.4. The van der Waals surface area contributed by atoms with Crippen LogP contribution in [0.2, 0.25) is 0 Å². The molecule has 2 atom stereocenters. The maximum atomic E-state index is 13.1. The Hall–Kier alpha value is -2.61. The van der Waals surface area contributed by atoms with Crippen molar-refractivity contribution in [1.82, 2.24) is 9.80 Å². The van der Waals surface area contributed by atoms with Crippen LogP contribution in [0.15, 0.2) is 18.2 Å². The van der Waals surface area contributed by atoms with Crippen molar-refractivity contribution in [3.63, 3.8) is 0 Å². The van der Waals surface area contributed by atoms with Crippen LogP contribution in [0.25, 0.3) is 0 Å². The number of ketones is 1. The molecule has 4 rings (SSSR count). The number of carbonyl (C=O) groups is 3. The molecule has 0 saturated carbocycles. The van der Waals surface area contributed by atoms with E-state index in [2.05, 4.69) is 0 Å². The van der Waals surface area contributed by atoms with Crippen LogP contribution < -0.4 is 9.47 Å². The summed E-state index contributed by atoms with van der Waals surface area (Å²) in [5.74, 6) is 0.962. The van der Waals surface area contributed by atoms with Crippen LogP contribution in [0, 0.1) is 5.92 Å². The van der Waals surface area contributed by atoms with E-state index in [-0.39, 0.29) is 36.0 Å². The van der Waals surface area contributed by atoms with Gasteiger partial charge in [-0.1, -0.05) is 0 Å². The summed E-state index contributed by atoms with van der Waals surface area (Å²) >= 11 is 0. The normalized spacial score (nSPS) is 23.5. The molecule has 1 spiro atoms. The fourth-order valence-corrected chi connectivity index (χ4v) is 4.93. The Morgan fingerprint density at radius 3 is 2.68 bits per heavy atom. The number of rotatable bonds is 5. The molecule has 1 aromatic carbocycles. The molecule has 168 valence electrons. The fourth-order valence-electron chi connectivity index (χ4n) is 4.93. The van der Waals surface area contributed by atoms with Crippen LogP contribution in [-0.2, 0) is 14.3 Å². The Morgan fingerprint density at radius 1 is 1.26 bits per heavy atom. The van der Waals surface area contributed by atoms with Crippen LogP contribution in [0.3, 0.4) is 0 Å². The number of Topliss-reactive ketones (excluding diaryl/α,β-unsaturated/α-hetero) is 1. The Kier molecular flexibility index (Phi) is 5.92. The van der Waals surface area contributed by atoms with Crippen LogP contribution in [0.5, 0.6) is 11.5 Å². The van der Waals surface area contributed by atoms with E-state index < -0.39 is 5.60 Å². The molecular formula is C23H30N2O6. The number of methoxy groups -OCH3 is 2. The third kappa shape index (κ3) is 4.13. The van der Waals surface area contributed by atoms with Gasteiger partial charge in [0.05, 0.1) is 37.7 Å². The topological polar surface area (TPSA) is 85.4 Å². The van der Waals surface area contributed by atoms with Crippen molar-refractivity contribution in [3.8, 4) is 11.5 Å². The largest absolute Gasteiger partial charge is 0.497 e. The third-order valence-corrected chi connectivity index (χ3v) is 6.73. The smallest absolute Gasteiger partial charge is 0.227 e. The van der Waals surface area contributed by atoms with E-state index in [1.165, 1.54) is 0 Å². The Labute approximate surface area is 182 Å². The van der Waals surface area contributed by atoms with Crippen molar-refractivity contribution in [2.24, 2.45) is 5.92 Å². The lowest BCUT2D eigenvalue weighted by Gasteiger charge is -2.44. The van der Waals surface area contributed by atoms with Crippen molar-refractivity contribution >= 4 is 17.6 Å². The van der Waals surface area contributed by atoms with Gasteiger partial charge in [0, 0.05) is 52.1 Å². The van der Waals surface area contributed by atoms with Gasteiger partial charge >= 0.3 is 0 Å². The lowest BCUT2D eigenvalue weighted by Crippen LogP contribution is -2.53. The molecule has 2 unspecified atom stereocenters. The number of carbonyl (C=O) groups excluding carboxylic acids is 3. The predicted molar refractivity (Wildman–Crippen MR) is 112 cm³/mol. The number of benzene rings is 1. The maximum absolute atomic E-state index is 13.1. The summed E-state index contributed by atoms with van der Waals surface area (Å²) in [6.45, 7) is 3.86. The summed E-state index contributed by atoms with van der Waals surface area (Å²) < 4.78 is 16.7. The highest BCUT2D eigenvalue weighted by atomic mass is 16.5. The van der Waals surface area contributed by atoms with Crippen LogP contribution in [0.1, 0.15) is 43.0 Å². The van der Waals surface area contributed by atoms with E-state index in [9.17, 15) is 14.4 Å². The number of piperidine rings is 1. The van der Waals surface area contributed by atoms with E-state index >= 15 is 0 Å². The van der Waals surface area contributed by atoms with E-state index in [0.717, 1.165) is 0 Å². The van der Waals surface area contributed by atoms with Gasteiger partial charge in [-0.25, -0.2) is 0 Å². The molecule has 0 radical (unpaired) electrons. The van der Waals surface area contributed by atoms with Crippen molar-refractivity contribution in [2.45, 2.75) is 44.2 Å². The van der Waals surface area contributed by atoms with Gasteiger partial charge in [-0.15, -0.1) is 0 Å². The molecule has 0 aromatic heterocycles. The molecule has 3 aliphatic heterocycles. The lowest BCUT2D eigenvalue weighted by molar-refractivity contribution is -0.139. The SMILES string of the molecule is COCC(C)N1CC(C(=O)N2CCC3(CC2)CC(=O)c2ccc(OC)cc2O3)CC1=O. The summed E-state index contributed by atoms with van der Waals surface area (Å²) in [5.41, 5.74) is -0.00255. The molecule has 0 N–H and O–H groups in total. The van der Waals surface area contributed by atoms with Crippen molar-refractivity contribution in [3.05, 3.63) is 23.8 Å². The number of ether oxygens (including phenoxy) is 3. The minimum absolute atomic E-state index is 0.00291. The second-order valence-electron chi connectivity index (χ2n) is 8.82. The zero-order valence-electron chi connectivity index (χ0n) is 18.4. The highest BCUT2D eigenvalue weighted by molar-refractivity contribution is 6.00. The molecule has 3 heterocycles. The van der Waals surface area contributed by atoms with Crippen molar-refractivity contribution in [2.75, 3.05) is 40.5 Å². The predicted octanol–water partition coefficient (Wildman–Crippen LogP) is 1.90. The van der Waals surface area contributed by atoms with Gasteiger partial charge in [-0.2, -0.15) is 0 Å². The highest BCUT2D eigenvalue weighted by Crippen LogP contribution is 2.41. The Balaban J connectivity index is 1.39. The van der Waals surface area contributed by atoms with E-state index in [0.29, 0.717) is 62.6 Å². The average molecular weight is 431 g/mol. The summed E-state index contributed by atoms with van der Waals surface area (Å²) in [6, 6.07) is 5.22. The lowest BCUT2D eigenvalue weighted by atomic mass is 9.82. The van der Waals surface area contributed by atoms with Gasteiger partial charge in [0.2, 0.25) is 11.8 Å². The first-order valence-corrected chi connectivity index (χ1v) is 10.8. The summed E-state index contributed by atoms with van der Waals surface area (Å²) in [5, 5.41) is 0. The number of hydrogen-bond acceptors (Lipinski definition) is 6. The van der Waals surface area contributed by atoms with Gasteiger partial charge in [-0.05, 0) is 19.1 Å². The summed E-state index contributed by atoms with van der Waals surface area (Å²) in [7, 11) is 3.19. The van der Waals surface area contributed by atoms with Crippen molar-refractivity contribution in [1.29, 1.82) is 0 Å². The number of likely N-dealkylation sites (tertiary alicyclic amines) is 2. The van der Waals surface area contributed by atoms with Gasteiger partial charge in [0.15, 0.2) is 5.78 Å². The standard InChI is InChI=1S/C23H30N2O6/c1-15(14-29-2)25-13-16(10-21(25)27)22(28)24-8-6-23(7-9-24)12-19(26)18-5-4-17(30-3)11-20(18)31-23/h4-5,11,15-16H,6-10,12-14H2,1-3H3. The maximum Gasteiger partial charge on any atom is 0.227 e. The molecule has 8 nitrogen and oxygen atoms in total. The minimum atomic E-state index is -0.586. The molecule has 2 amide bonds. The number of fused-ring (bicyclic) bond motifs is 1. The first-order chi connectivity index (χ1) is 14.9. The molecular weight excluding hydrogens is 400 g/mol. The third-order valence-electron chi connectivity index (χ3n) is 6.73. The second kappa shape index (κ2) is 8.49. The van der Waals surface area contributed by atoms with E-state index in [1.54, 1.807) is 37.3 Å². The monoisotopic (exact) mass is 430 g/mol. The molecule has 0 bridgehead atoms. The molecule has 1 aromatic rings. The Morgan fingerprint density at radius 2 is 2.00 bits per heavy atom. The zero-order chi connectivity index (χ0) is 22.2. The Bertz CT molecular complexity index is 877. The van der Waals surface area contributed by atoms with Crippen LogP contribution >= 0.6 is 0 Å².